The van der Waals surface area contributed by atoms with Gasteiger partial charge < -0.3 is 38.8 Å². The van der Waals surface area contributed by atoms with Gasteiger partial charge >= 0.3 is 0 Å². The average Bonchev–Trinajstić information content (AvgIpc) is 3.27. The molecule has 16 heteroatoms. The van der Waals surface area contributed by atoms with Crippen molar-refractivity contribution >= 4 is 77.2 Å². The van der Waals surface area contributed by atoms with Crippen molar-refractivity contribution in [1.82, 2.24) is 9.13 Å². The molecule has 2 aromatic heterocycles. The molecule has 2 aromatic carbocycles. The number of aromatic nitrogens is 2. The van der Waals surface area contributed by atoms with Gasteiger partial charge in [0.05, 0.1) is 43.2 Å². The molecule has 186 valence electrons. The predicted octanol–water partition coefficient (Wildman–Crippen LogP) is 2.02. The smallest absolute Gasteiger partial charge is 0.211 e. The lowest BCUT2D eigenvalue weighted by atomic mass is 10.3. The van der Waals surface area contributed by atoms with Gasteiger partial charge in [0, 0.05) is 24.5 Å². The molecular formula is C18H22N6O6S4-2. The van der Waals surface area contributed by atoms with E-state index in [0.29, 0.717) is 0 Å². The summed E-state index contributed by atoms with van der Waals surface area (Å²) in [5.41, 5.74) is 15.6. The Hall–Kier alpha value is -2.44. The third-order valence-electron chi connectivity index (χ3n) is 4.27. The topological polar surface area (TPSA) is 207 Å². The molecule has 0 amide bonds. The van der Waals surface area contributed by atoms with Crippen LogP contribution in [0.25, 0.3) is 20.4 Å². The average molecular weight is 547 g/mol. The molecule has 0 saturated heterocycles. The number of hydrogen-bond acceptors (Lipinski definition) is 10. The van der Waals surface area contributed by atoms with E-state index < -0.39 is 22.7 Å². The summed E-state index contributed by atoms with van der Waals surface area (Å²) in [6, 6.07) is 11.9. The van der Waals surface area contributed by atoms with Crippen LogP contribution < -0.4 is 21.1 Å². The second-order valence-electron chi connectivity index (χ2n) is 6.35. The quantitative estimate of drug-likeness (QED) is 0.169. The van der Waals surface area contributed by atoms with Crippen molar-refractivity contribution in [1.29, 1.82) is 0 Å². The molecule has 2 atom stereocenters. The van der Waals surface area contributed by atoms with Gasteiger partial charge in [0.15, 0.2) is 0 Å². The molecule has 0 aliphatic rings. The Morgan fingerprint density at radius 1 is 0.824 bits per heavy atom. The molecular weight excluding hydrogens is 525 g/mol. The predicted molar refractivity (Wildman–Crippen MR) is 134 cm³/mol. The fourth-order valence-corrected chi connectivity index (χ4v) is 5.22. The number of anilines is 2. The summed E-state index contributed by atoms with van der Waals surface area (Å²) in [6.07, 6.45) is 0. The lowest BCUT2D eigenvalue weighted by Crippen LogP contribution is -2.16. The van der Waals surface area contributed by atoms with Crippen LogP contribution in [0.4, 0.5) is 11.4 Å². The normalized spacial score (nSPS) is 13.8. The van der Waals surface area contributed by atoms with Gasteiger partial charge in [-0.15, -0.1) is 10.2 Å². The largest absolute Gasteiger partial charge is 0.750 e. The van der Waals surface area contributed by atoms with E-state index in [4.69, 9.17) is 38.1 Å². The molecule has 0 radical (unpaired) electrons. The van der Waals surface area contributed by atoms with Crippen molar-refractivity contribution in [2.24, 2.45) is 10.2 Å². The van der Waals surface area contributed by atoms with E-state index in [2.05, 4.69) is 33.2 Å². The molecule has 2 unspecified atom stereocenters. The first-order valence-corrected chi connectivity index (χ1v) is 13.2. The first kappa shape index (κ1) is 27.8. The summed E-state index contributed by atoms with van der Waals surface area (Å²) in [5, 5.41) is 9.13. The molecule has 0 spiro atoms. The molecule has 0 saturated carbocycles. The van der Waals surface area contributed by atoms with E-state index in [9.17, 15) is 0 Å². The van der Waals surface area contributed by atoms with Crippen LogP contribution in [-0.2, 0) is 35.8 Å². The van der Waals surface area contributed by atoms with Crippen molar-refractivity contribution in [3.8, 4) is 0 Å². The second kappa shape index (κ2) is 12.9. The minimum atomic E-state index is -2.86. The SMILES string of the molecule is CCn1c(=NN=c2sc3cc(N)ccc3n2CC)sc2cc(N)ccc21.O=S([O-])O.O=S([O-])O. The Bertz CT molecular complexity index is 1340. The van der Waals surface area contributed by atoms with E-state index >= 15 is 0 Å². The highest BCUT2D eigenvalue weighted by atomic mass is 32.2. The zero-order chi connectivity index (χ0) is 25.4. The first-order chi connectivity index (χ1) is 16.1. The number of nitrogen functional groups attached to an aromatic ring is 2. The van der Waals surface area contributed by atoms with Crippen LogP contribution in [0, 0.1) is 0 Å². The zero-order valence-corrected chi connectivity index (χ0v) is 21.2. The highest BCUT2D eigenvalue weighted by Gasteiger charge is 2.07. The Labute approximate surface area is 207 Å². The van der Waals surface area contributed by atoms with Gasteiger partial charge in [0.25, 0.3) is 0 Å². The van der Waals surface area contributed by atoms with Crippen LogP contribution in [0.15, 0.2) is 46.6 Å². The number of fused-ring (bicyclic) bond motifs is 2. The summed E-state index contributed by atoms with van der Waals surface area (Å²) in [4.78, 5) is 1.74. The summed E-state index contributed by atoms with van der Waals surface area (Å²) in [5.74, 6) is 0. The van der Waals surface area contributed by atoms with Crippen molar-refractivity contribution in [2.45, 2.75) is 26.9 Å². The van der Waals surface area contributed by atoms with Gasteiger partial charge in [-0.1, -0.05) is 22.7 Å². The third-order valence-corrected chi connectivity index (χ3v) is 6.33. The molecule has 0 bridgehead atoms. The van der Waals surface area contributed by atoms with Gasteiger partial charge in [-0.2, -0.15) is 0 Å². The minimum absolute atomic E-state index is 0.761. The number of thiazole rings is 2. The number of rotatable bonds is 3. The van der Waals surface area contributed by atoms with Gasteiger partial charge in [-0.05, 0) is 50.2 Å². The fraction of sp³-hybridized carbons (Fsp3) is 0.222. The maximum Gasteiger partial charge on any atom is 0.211 e. The highest BCUT2D eigenvalue weighted by Crippen LogP contribution is 2.21. The molecule has 34 heavy (non-hydrogen) atoms. The van der Waals surface area contributed by atoms with Crippen molar-refractivity contribution in [2.75, 3.05) is 11.5 Å². The molecule has 0 fully saturated rings. The Kier molecular flexibility index (Phi) is 10.5. The van der Waals surface area contributed by atoms with Gasteiger partial charge in [-0.25, -0.2) is 8.42 Å². The molecule has 0 aliphatic carbocycles. The van der Waals surface area contributed by atoms with E-state index in [1.165, 1.54) is 0 Å². The van der Waals surface area contributed by atoms with Gasteiger partial charge in [0.2, 0.25) is 9.60 Å². The van der Waals surface area contributed by atoms with E-state index in [-0.39, 0.29) is 0 Å². The summed E-state index contributed by atoms with van der Waals surface area (Å²) in [6.45, 7) is 5.87. The van der Waals surface area contributed by atoms with Crippen LogP contribution >= 0.6 is 22.7 Å². The summed E-state index contributed by atoms with van der Waals surface area (Å²) < 4.78 is 54.7. The Balaban J connectivity index is 0.000000446. The van der Waals surface area contributed by atoms with Crippen LogP contribution in [0.2, 0.25) is 0 Å². The second-order valence-corrected chi connectivity index (χ2v) is 9.23. The lowest BCUT2D eigenvalue weighted by molar-refractivity contribution is 0.434. The minimum Gasteiger partial charge on any atom is -0.750 e. The lowest BCUT2D eigenvalue weighted by Gasteiger charge is -2.00. The standard InChI is InChI=1S/C18H20N6S2.2H2O3S/c1-3-23-13-7-5-11(19)9-15(13)25-17(23)21-22-18-24(4-2)14-8-6-12(20)10-16(14)26-18;2*1-4(2)3/h5-10H,3-4,19-20H2,1-2H3;2*(H2,1,2,3)/p-2. The maximum absolute atomic E-state index is 8.56. The molecule has 12 nitrogen and oxygen atoms in total. The summed E-state index contributed by atoms with van der Waals surface area (Å²) >= 11 is -2.52. The van der Waals surface area contributed by atoms with Gasteiger partial charge in [0.1, 0.15) is 0 Å². The van der Waals surface area contributed by atoms with Crippen LogP contribution in [0.3, 0.4) is 0 Å². The Morgan fingerprint density at radius 2 is 1.15 bits per heavy atom. The third kappa shape index (κ3) is 7.54. The number of benzene rings is 2. The first-order valence-electron chi connectivity index (χ1n) is 9.49. The molecule has 0 aliphatic heterocycles. The Morgan fingerprint density at radius 3 is 1.44 bits per heavy atom. The van der Waals surface area contributed by atoms with Crippen molar-refractivity contribution < 1.29 is 26.6 Å². The number of nitrogens with two attached hydrogens (primary N) is 2. The highest BCUT2D eigenvalue weighted by molar-refractivity contribution is 7.73. The maximum atomic E-state index is 8.56. The summed E-state index contributed by atoms with van der Waals surface area (Å²) in [7, 11) is 0. The van der Waals surface area contributed by atoms with Crippen LogP contribution in [0.1, 0.15) is 13.8 Å². The monoisotopic (exact) mass is 546 g/mol. The van der Waals surface area contributed by atoms with Crippen LogP contribution in [0.5, 0.6) is 0 Å². The molecule has 2 heterocycles. The van der Waals surface area contributed by atoms with E-state index in [1.807, 2.05) is 36.4 Å². The van der Waals surface area contributed by atoms with Crippen molar-refractivity contribution in [3.05, 3.63) is 46.0 Å². The van der Waals surface area contributed by atoms with Crippen LogP contribution in [-0.4, -0.2) is 35.8 Å². The fourth-order valence-electron chi connectivity index (χ4n) is 3.03. The van der Waals surface area contributed by atoms with E-state index in [1.54, 1.807) is 22.7 Å². The number of nitrogens with zero attached hydrogens (tertiary/aromatic N) is 4. The number of aryl methyl sites for hydroxylation is 2. The number of hydrogen-bond donors (Lipinski definition) is 4. The molecule has 6 N–H and O–H groups in total. The molecule has 4 aromatic rings. The van der Waals surface area contributed by atoms with Gasteiger partial charge in [-0.3, -0.25) is 0 Å². The van der Waals surface area contributed by atoms with Crippen molar-refractivity contribution in [3.63, 3.8) is 0 Å². The molecule has 4 rings (SSSR count). The van der Waals surface area contributed by atoms with E-state index in [0.717, 1.165) is 54.5 Å². The zero-order valence-electron chi connectivity index (χ0n) is 18.0.